The smallest absolute Gasteiger partial charge is 0.314 e. The first-order chi connectivity index (χ1) is 11.9. The maximum absolute atomic E-state index is 12.7. The molecule has 0 unspecified atom stereocenters. The molecule has 1 aromatic heterocycles. The van der Waals surface area contributed by atoms with Crippen molar-refractivity contribution in [1.29, 1.82) is 0 Å². The summed E-state index contributed by atoms with van der Waals surface area (Å²) in [6, 6.07) is 2.81. The molecule has 10 heteroatoms. The quantitative estimate of drug-likeness (QED) is 0.810. The molecule has 8 nitrogen and oxygen atoms in total. The molecular weight excluding hydrogens is 364 g/mol. The number of amides is 3. The zero-order valence-electron chi connectivity index (χ0n) is 13.8. The van der Waals surface area contributed by atoms with Crippen LogP contribution in [0, 0.1) is 5.92 Å². The van der Waals surface area contributed by atoms with E-state index in [1.165, 1.54) is 20.5 Å². The Labute approximate surface area is 151 Å². The Morgan fingerprint density at radius 2 is 1.84 bits per heavy atom. The molecule has 1 aromatic rings. The largest absolute Gasteiger partial charge is 0.351 e. The summed E-state index contributed by atoms with van der Waals surface area (Å²) in [6.07, 6.45) is 1.49. The molecule has 0 aromatic carbocycles. The van der Waals surface area contributed by atoms with Gasteiger partial charge in [0.05, 0.1) is 5.92 Å². The van der Waals surface area contributed by atoms with Crippen molar-refractivity contribution in [2.24, 2.45) is 11.7 Å². The summed E-state index contributed by atoms with van der Waals surface area (Å²) in [4.78, 5) is 27.2. The number of piperidine rings is 1. The number of nitrogens with two attached hydrogens (primary N) is 1. The fourth-order valence-corrected chi connectivity index (χ4v) is 5.89. The predicted molar refractivity (Wildman–Crippen MR) is 93.5 cm³/mol. The summed E-state index contributed by atoms with van der Waals surface area (Å²) in [5, 5.41) is 1.74. The second-order valence-electron chi connectivity index (χ2n) is 6.28. The fraction of sp³-hybridized carbons (Fsp3) is 0.600. The van der Waals surface area contributed by atoms with Crippen molar-refractivity contribution in [2.45, 2.75) is 17.1 Å². The van der Waals surface area contributed by atoms with E-state index in [2.05, 4.69) is 0 Å². The van der Waals surface area contributed by atoms with E-state index in [0.29, 0.717) is 30.4 Å². The lowest BCUT2D eigenvalue weighted by molar-refractivity contribution is -0.138. The van der Waals surface area contributed by atoms with Gasteiger partial charge >= 0.3 is 6.03 Å². The van der Waals surface area contributed by atoms with Crippen LogP contribution in [0.3, 0.4) is 0 Å². The van der Waals surface area contributed by atoms with E-state index in [4.69, 9.17) is 5.73 Å². The van der Waals surface area contributed by atoms with Gasteiger partial charge < -0.3 is 15.5 Å². The van der Waals surface area contributed by atoms with Gasteiger partial charge in [-0.05, 0) is 24.3 Å². The van der Waals surface area contributed by atoms with Crippen LogP contribution in [0.1, 0.15) is 12.8 Å². The molecule has 2 fully saturated rings. The molecule has 138 valence electrons. The van der Waals surface area contributed by atoms with Crippen molar-refractivity contribution in [3.63, 3.8) is 0 Å². The molecule has 0 bridgehead atoms. The summed E-state index contributed by atoms with van der Waals surface area (Å²) in [5.74, 6) is -0.263. The van der Waals surface area contributed by atoms with Crippen LogP contribution in [-0.4, -0.2) is 73.7 Å². The summed E-state index contributed by atoms with van der Waals surface area (Å²) < 4.78 is 26.8. The predicted octanol–water partition coefficient (Wildman–Crippen LogP) is 0.372. The first kappa shape index (κ1) is 18.2. The number of sulfonamides is 1. The summed E-state index contributed by atoms with van der Waals surface area (Å²) >= 11 is 1.20. The van der Waals surface area contributed by atoms with Crippen molar-refractivity contribution in [1.82, 2.24) is 14.1 Å². The van der Waals surface area contributed by atoms with E-state index < -0.39 is 16.1 Å². The number of carbonyl (C=O) groups is 2. The zero-order chi connectivity index (χ0) is 18.0. The Kier molecular flexibility index (Phi) is 5.30. The Morgan fingerprint density at radius 3 is 2.44 bits per heavy atom. The molecule has 2 aliphatic heterocycles. The highest BCUT2D eigenvalue weighted by molar-refractivity contribution is 7.91. The molecule has 1 atom stereocenters. The van der Waals surface area contributed by atoms with E-state index >= 15 is 0 Å². The Hall–Kier alpha value is -1.65. The molecule has 2 saturated heterocycles. The maximum atomic E-state index is 12.7. The van der Waals surface area contributed by atoms with Crippen molar-refractivity contribution in [3.05, 3.63) is 17.5 Å². The molecular formula is C15H22N4O4S2. The van der Waals surface area contributed by atoms with E-state index in [1.807, 2.05) is 0 Å². The van der Waals surface area contributed by atoms with Gasteiger partial charge in [0, 0.05) is 39.3 Å². The highest BCUT2D eigenvalue weighted by atomic mass is 32.2. The number of hydrogen-bond acceptors (Lipinski definition) is 5. The lowest BCUT2D eigenvalue weighted by Gasteiger charge is -2.38. The maximum Gasteiger partial charge on any atom is 0.314 e. The van der Waals surface area contributed by atoms with Crippen LogP contribution in [0.4, 0.5) is 4.79 Å². The summed E-state index contributed by atoms with van der Waals surface area (Å²) in [7, 11) is -3.47. The third-order valence-electron chi connectivity index (χ3n) is 4.72. The second-order valence-corrected chi connectivity index (χ2v) is 9.40. The van der Waals surface area contributed by atoms with Crippen LogP contribution in [0.25, 0.3) is 0 Å². The molecule has 3 rings (SSSR count). The van der Waals surface area contributed by atoms with Gasteiger partial charge in [-0.15, -0.1) is 11.3 Å². The highest BCUT2D eigenvalue weighted by Crippen LogP contribution is 2.24. The normalized spacial score (nSPS) is 22.8. The Morgan fingerprint density at radius 1 is 1.12 bits per heavy atom. The summed E-state index contributed by atoms with van der Waals surface area (Å²) in [6.45, 7) is 2.26. The van der Waals surface area contributed by atoms with Crippen molar-refractivity contribution in [2.75, 3.05) is 39.3 Å². The standard InChI is InChI=1S/C15H22N4O4S2/c16-15(21)18-5-1-3-12(11-18)14(20)17-6-8-19(9-7-17)25(22,23)13-4-2-10-24-13/h2,4,10,12H,1,3,5-9,11H2,(H2,16,21)/t12-/m1/s1. The number of piperazine rings is 1. The van der Waals surface area contributed by atoms with Crippen LogP contribution in [0.5, 0.6) is 0 Å². The minimum atomic E-state index is -3.47. The number of carbonyl (C=O) groups excluding carboxylic acids is 2. The topological polar surface area (TPSA) is 104 Å². The van der Waals surface area contributed by atoms with Gasteiger partial charge in [0.25, 0.3) is 10.0 Å². The third kappa shape index (κ3) is 3.80. The monoisotopic (exact) mass is 386 g/mol. The Bertz CT molecular complexity index is 727. The number of primary amides is 1. The first-order valence-electron chi connectivity index (χ1n) is 8.26. The van der Waals surface area contributed by atoms with Gasteiger partial charge in [0.15, 0.2) is 0 Å². The van der Waals surface area contributed by atoms with E-state index in [1.54, 1.807) is 22.4 Å². The van der Waals surface area contributed by atoms with Gasteiger partial charge in [0.1, 0.15) is 4.21 Å². The number of hydrogen-bond donors (Lipinski definition) is 1. The molecule has 0 spiro atoms. The fourth-order valence-electron chi connectivity index (χ4n) is 3.32. The van der Waals surface area contributed by atoms with Gasteiger partial charge in [-0.25, -0.2) is 13.2 Å². The van der Waals surface area contributed by atoms with E-state index in [0.717, 1.165) is 12.8 Å². The van der Waals surface area contributed by atoms with E-state index in [-0.39, 0.29) is 24.9 Å². The number of urea groups is 1. The minimum Gasteiger partial charge on any atom is -0.351 e. The van der Waals surface area contributed by atoms with Crippen LogP contribution in [-0.2, 0) is 14.8 Å². The number of thiophene rings is 1. The lowest BCUT2D eigenvalue weighted by atomic mass is 9.96. The second kappa shape index (κ2) is 7.30. The van der Waals surface area contributed by atoms with Gasteiger partial charge in [-0.1, -0.05) is 6.07 Å². The van der Waals surface area contributed by atoms with Gasteiger partial charge in [-0.2, -0.15) is 4.31 Å². The Balaban J connectivity index is 1.59. The van der Waals surface area contributed by atoms with Crippen molar-refractivity contribution < 1.29 is 18.0 Å². The van der Waals surface area contributed by atoms with Gasteiger partial charge in [-0.3, -0.25) is 4.79 Å². The highest BCUT2D eigenvalue weighted by Gasteiger charge is 2.34. The van der Waals surface area contributed by atoms with Crippen LogP contribution >= 0.6 is 11.3 Å². The van der Waals surface area contributed by atoms with Crippen LogP contribution in [0.2, 0.25) is 0 Å². The number of nitrogens with zero attached hydrogens (tertiary/aromatic N) is 3. The molecule has 0 saturated carbocycles. The van der Waals surface area contributed by atoms with Crippen LogP contribution in [0.15, 0.2) is 21.7 Å². The first-order valence-corrected chi connectivity index (χ1v) is 10.6. The zero-order valence-corrected chi connectivity index (χ0v) is 15.5. The number of rotatable bonds is 3. The van der Waals surface area contributed by atoms with Crippen LogP contribution < -0.4 is 5.73 Å². The minimum absolute atomic E-state index is 0.0147. The molecule has 0 aliphatic carbocycles. The molecule has 25 heavy (non-hydrogen) atoms. The average Bonchev–Trinajstić information content (AvgIpc) is 3.17. The molecule has 3 heterocycles. The van der Waals surface area contributed by atoms with Crippen molar-refractivity contribution in [3.8, 4) is 0 Å². The number of likely N-dealkylation sites (tertiary alicyclic amines) is 1. The SMILES string of the molecule is NC(=O)N1CCC[C@@H](C(=O)N2CCN(S(=O)(=O)c3cccs3)CC2)C1. The lowest BCUT2D eigenvalue weighted by Crippen LogP contribution is -2.54. The summed E-state index contributed by atoms with van der Waals surface area (Å²) in [5.41, 5.74) is 5.31. The molecule has 2 N–H and O–H groups in total. The van der Waals surface area contributed by atoms with Crippen molar-refractivity contribution >= 4 is 33.3 Å². The average molecular weight is 386 g/mol. The molecule has 2 aliphatic rings. The molecule has 0 radical (unpaired) electrons. The third-order valence-corrected chi connectivity index (χ3v) is 7.99. The molecule has 3 amide bonds. The van der Waals surface area contributed by atoms with Gasteiger partial charge in [0.2, 0.25) is 5.91 Å². The van der Waals surface area contributed by atoms with E-state index in [9.17, 15) is 18.0 Å².